The Morgan fingerprint density at radius 1 is 1.00 bits per heavy atom. The van der Waals surface area contributed by atoms with Crippen molar-refractivity contribution in [1.82, 2.24) is 5.16 Å². The van der Waals surface area contributed by atoms with Crippen molar-refractivity contribution in [2.24, 2.45) is 0 Å². The predicted molar refractivity (Wildman–Crippen MR) is 113 cm³/mol. The summed E-state index contributed by atoms with van der Waals surface area (Å²) in [5.74, 6) is 0.355. The summed E-state index contributed by atoms with van der Waals surface area (Å²) in [6.45, 7) is 0.848. The largest absolute Gasteiger partial charge is 0.447 e. The predicted octanol–water partition coefficient (Wildman–Crippen LogP) is 4.70. The fraction of sp³-hybridized carbons (Fsp3) is 0.0870. The van der Waals surface area contributed by atoms with Crippen LogP contribution in [0, 0.1) is 0 Å². The van der Waals surface area contributed by atoms with E-state index >= 15 is 0 Å². The molecule has 1 N–H and O–H groups in total. The number of ether oxygens (including phenoxy) is 1. The number of hydrogen-bond acceptors (Lipinski definition) is 5. The topological polar surface area (TPSA) is 84.7 Å². The van der Waals surface area contributed by atoms with Crippen molar-refractivity contribution in [2.75, 3.05) is 23.4 Å². The molecule has 3 aromatic carbocycles. The average Bonchev–Trinajstić information content (AvgIpc) is 3.40. The van der Waals surface area contributed by atoms with Gasteiger partial charge in [-0.15, -0.1) is 0 Å². The molecular formula is C23H17N3O4. The Morgan fingerprint density at radius 2 is 1.87 bits per heavy atom. The number of nitrogens with zero attached hydrogens (tertiary/aromatic N) is 2. The minimum atomic E-state index is -0.384. The lowest BCUT2D eigenvalue weighted by molar-refractivity contribution is 0.102. The maximum atomic E-state index is 12.9. The molecule has 0 unspecified atom stereocenters. The second kappa shape index (κ2) is 7.36. The van der Waals surface area contributed by atoms with Crippen molar-refractivity contribution in [3.8, 4) is 11.3 Å². The third-order valence-electron chi connectivity index (χ3n) is 4.95. The van der Waals surface area contributed by atoms with Crippen molar-refractivity contribution < 1.29 is 18.8 Å². The first-order valence-corrected chi connectivity index (χ1v) is 9.49. The van der Waals surface area contributed by atoms with Gasteiger partial charge in [0, 0.05) is 22.5 Å². The van der Waals surface area contributed by atoms with Crippen LogP contribution in [-0.2, 0) is 4.74 Å². The zero-order valence-electron chi connectivity index (χ0n) is 15.9. The number of rotatable bonds is 4. The fourth-order valence-electron chi connectivity index (χ4n) is 3.46. The van der Waals surface area contributed by atoms with Gasteiger partial charge in [-0.2, -0.15) is 0 Å². The first-order chi connectivity index (χ1) is 14.7. The van der Waals surface area contributed by atoms with Gasteiger partial charge in [-0.25, -0.2) is 4.79 Å². The first-order valence-electron chi connectivity index (χ1n) is 9.49. The van der Waals surface area contributed by atoms with E-state index in [0.29, 0.717) is 41.4 Å². The minimum absolute atomic E-state index is 0.265. The summed E-state index contributed by atoms with van der Waals surface area (Å²) in [5, 5.41) is 7.74. The van der Waals surface area contributed by atoms with Crippen LogP contribution in [0.5, 0.6) is 0 Å². The van der Waals surface area contributed by atoms with Crippen molar-refractivity contribution in [1.29, 1.82) is 0 Å². The van der Waals surface area contributed by atoms with Gasteiger partial charge in [0.05, 0.1) is 11.9 Å². The van der Waals surface area contributed by atoms with Gasteiger partial charge in [-0.05, 0) is 36.4 Å². The van der Waals surface area contributed by atoms with Gasteiger partial charge in [-0.1, -0.05) is 41.6 Å². The van der Waals surface area contributed by atoms with Crippen LogP contribution < -0.4 is 10.2 Å². The highest BCUT2D eigenvalue weighted by Crippen LogP contribution is 2.29. The summed E-state index contributed by atoms with van der Waals surface area (Å²) in [5.41, 5.74) is 3.32. The molecule has 148 valence electrons. The number of cyclic esters (lactones) is 1. The Balaban J connectivity index is 1.42. The molecule has 1 aliphatic rings. The van der Waals surface area contributed by atoms with E-state index in [-0.39, 0.29) is 12.0 Å². The second-order valence-electron chi connectivity index (χ2n) is 6.88. The molecule has 0 saturated carbocycles. The number of fused-ring (bicyclic) bond motifs is 1. The lowest BCUT2D eigenvalue weighted by Crippen LogP contribution is -2.23. The summed E-state index contributed by atoms with van der Waals surface area (Å²) < 4.78 is 10.5. The molecule has 1 aromatic heterocycles. The van der Waals surface area contributed by atoms with Gasteiger partial charge in [-0.3, -0.25) is 9.69 Å². The second-order valence-corrected chi connectivity index (χ2v) is 6.88. The highest BCUT2D eigenvalue weighted by molar-refractivity contribution is 6.07. The molecule has 5 rings (SSSR count). The van der Waals surface area contributed by atoms with Gasteiger partial charge in [0.15, 0.2) is 5.76 Å². The van der Waals surface area contributed by atoms with Crippen LogP contribution in [0.3, 0.4) is 0 Å². The lowest BCUT2D eigenvalue weighted by Gasteiger charge is -2.14. The van der Waals surface area contributed by atoms with E-state index in [1.54, 1.807) is 42.5 Å². The van der Waals surface area contributed by atoms with Gasteiger partial charge in [0.1, 0.15) is 12.1 Å². The molecule has 7 heteroatoms. The summed E-state index contributed by atoms with van der Waals surface area (Å²) in [6.07, 6.45) is -0.384. The van der Waals surface area contributed by atoms with E-state index in [9.17, 15) is 9.59 Å². The van der Waals surface area contributed by atoms with Crippen molar-refractivity contribution in [3.05, 3.63) is 78.4 Å². The number of aromatic nitrogens is 1. The molecule has 0 radical (unpaired) electrons. The van der Waals surface area contributed by atoms with Crippen LogP contribution in [0.15, 0.2) is 77.3 Å². The number of hydrogen-bond donors (Lipinski definition) is 1. The zero-order valence-corrected chi connectivity index (χ0v) is 15.9. The van der Waals surface area contributed by atoms with Crippen molar-refractivity contribution in [2.45, 2.75) is 0 Å². The van der Waals surface area contributed by atoms with E-state index in [4.69, 9.17) is 9.26 Å². The van der Waals surface area contributed by atoms with Gasteiger partial charge < -0.3 is 14.6 Å². The molecule has 1 saturated heterocycles. The van der Waals surface area contributed by atoms with E-state index in [2.05, 4.69) is 10.5 Å². The Bertz CT molecular complexity index is 1250. The lowest BCUT2D eigenvalue weighted by atomic mass is 10.1. The molecule has 0 bridgehead atoms. The van der Waals surface area contributed by atoms with Crippen molar-refractivity contribution in [3.63, 3.8) is 0 Å². The SMILES string of the molecule is O=C(Nc1cccc(N2CCOC2=O)c1)c1ccc2noc(-c3ccccc3)c2c1. The third kappa shape index (κ3) is 3.26. The van der Waals surface area contributed by atoms with Gasteiger partial charge >= 0.3 is 6.09 Å². The molecule has 30 heavy (non-hydrogen) atoms. The Hall–Kier alpha value is -4.13. The van der Waals surface area contributed by atoms with Crippen LogP contribution in [0.1, 0.15) is 10.4 Å². The van der Waals surface area contributed by atoms with Gasteiger partial charge in [0.2, 0.25) is 0 Å². The molecule has 0 atom stereocenters. The fourth-order valence-corrected chi connectivity index (χ4v) is 3.46. The Morgan fingerprint density at radius 3 is 2.67 bits per heavy atom. The maximum Gasteiger partial charge on any atom is 0.414 e. The highest BCUT2D eigenvalue weighted by atomic mass is 16.6. The number of carbonyl (C=O) groups is 2. The van der Waals surface area contributed by atoms with Gasteiger partial charge in [0.25, 0.3) is 5.91 Å². The van der Waals surface area contributed by atoms with Crippen LogP contribution in [0.2, 0.25) is 0 Å². The molecule has 2 amide bonds. The standard InChI is InChI=1S/C23H17N3O4/c27-22(24-17-7-4-8-18(14-17)26-11-12-29-23(26)28)16-9-10-20-19(13-16)21(30-25-20)15-5-2-1-3-6-15/h1-10,13-14H,11-12H2,(H,24,27). The molecule has 1 fully saturated rings. The molecule has 0 aliphatic carbocycles. The Kier molecular flexibility index (Phi) is 4.40. The molecular weight excluding hydrogens is 382 g/mol. The number of carbonyl (C=O) groups excluding carboxylic acids is 2. The molecule has 2 heterocycles. The number of anilines is 2. The monoisotopic (exact) mass is 399 g/mol. The number of benzene rings is 3. The normalized spacial score (nSPS) is 13.5. The third-order valence-corrected chi connectivity index (χ3v) is 4.95. The van der Waals surface area contributed by atoms with E-state index < -0.39 is 0 Å². The first kappa shape index (κ1) is 17.9. The van der Waals surface area contributed by atoms with Crippen molar-refractivity contribution >= 4 is 34.3 Å². The van der Waals surface area contributed by atoms with Crippen LogP contribution >= 0.6 is 0 Å². The molecule has 0 spiro atoms. The van der Waals surface area contributed by atoms with Crippen LogP contribution in [-0.4, -0.2) is 30.3 Å². The van der Waals surface area contributed by atoms with E-state index in [1.165, 1.54) is 4.90 Å². The minimum Gasteiger partial charge on any atom is -0.447 e. The smallest absolute Gasteiger partial charge is 0.414 e. The highest BCUT2D eigenvalue weighted by Gasteiger charge is 2.23. The number of amides is 2. The summed E-state index contributed by atoms with van der Waals surface area (Å²) in [6, 6.07) is 22.0. The molecule has 1 aliphatic heterocycles. The maximum absolute atomic E-state index is 12.9. The molecule has 7 nitrogen and oxygen atoms in total. The zero-order chi connectivity index (χ0) is 20.5. The average molecular weight is 399 g/mol. The van der Waals surface area contributed by atoms with E-state index in [0.717, 1.165) is 10.9 Å². The van der Waals surface area contributed by atoms with Crippen LogP contribution in [0.25, 0.3) is 22.2 Å². The summed E-state index contributed by atoms with van der Waals surface area (Å²) in [4.78, 5) is 26.2. The number of nitrogens with one attached hydrogen (secondary N) is 1. The quantitative estimate of drug-likeness (QED) is 0.537. The molecule has 4 aromatic rings. The summed E-state index contributed by atoms with van der Waals surface area (Å²) >= 11 is 0. The van der Waals surface area contributed by atoms with E-state index in [1.807, 2.05) is 30.3 Å². The Labute approximate surface area is 171 Å². The van der Waals surface area contributed by atoms with Crippen LogP contribution in [0.4, 0.5) is 16.2 Å². The summed E-state index contributed by atoms with van der Waals surface area (Å²) in [7, 11) is 0.